The first-order valence-electron chi connectivity index (χ1n) is 5.93. The number of aliphatic carboxylic acids is 1. The van der Waals surface area contributed by atoms with Crippen molar-refractivity contribution in [2.24, 2.45) is 11.8 Å². The Kier molecular flexibility index (Phi) is 4.04. The molecule has 0 aromatic heterocycles. The number of carbonyl (C=O) groups is 2. The summed E-state index contributed by atoms with van der Waals surface area (Å²) in [4.78, 5) is 22.7. The zero-order chi connectivity index (χ0) is 14.9. The number of nitrogens with one attached hydrogen (secondary N) is 1. The van der Waals surface area contributed by atoms with Crippen LogP contribution in [0.25, 0.3) is 0 Å². The SMILES string of the molecule is COc1cc(OC)c(NC(=O)C2CC2C(=O)O)cc1Cl. The minimum atomic E-state index is -0.954. The van der Waals surface area contributed by atoms with Crippen LogP contribution < -0.4 is 14.8 Å². The van der Waals surface area contributed by atoms with E-state index in [0.717, 1.165) is 0 Å². The zero-order valence-corrected chi connectivity index (χ0v) is 11.7. The van der Waals surface area contributed by atoms with Crippen LogP contribution in [0.5, 0.6) is 11.5 Å². The molecule has 20 heavy (non-hydrogen) atoms. The number of carboxylic acid groups (broad SMARTS) is 1. The van der Waals surface area contributed by atoms with Crippen LogP contribution in [0.1, 0.15) is 6.42 Å². The summed E-state index contributed by atoms with van der Waals surface area (Å²) in [6, 6.07) is 3.06. The summed E-state index contributed by atoms with van der Waals surface area (Å²) < 4.78 is 10.2. The van der Waals surface area contributed by atoms with Gasteiger partial charge in [-0.3, -0.25) is 9.59 Å². The van der Waals surface area contributed by atoms with Gasteiger partial charge < -0.3 is 19.9 Å². The second-order valence-electron chi connectivity index (χ2n) is 4.46. The van der Waals surface area contributed by atoms with Crippen LogP contribution in [-0.4, -0.2) is 31.2 Å². The highest BCUT2D eigenvalue weighted by atomic mass is 35.5. The molecule has 2 rings (SSSR count). The molecule has 1 amide bonds. The summed E-state index contributed by atoms with van der Waals surface area (Å²) in [5.74, 6) is -1.59. The molecule has 2 N–H and O–H groups in total. The molecular formula is C13H14ClNO5. The Morgan fingerprint density at radius 3 is 2.40 bits per heavy atom. The van der Waals surface area contributed by atoms with Crippen molar-refractivity contribution in [1.82, 2.24) is 0 Å². The van der Waals surface area contributed by atoms with Crippen LogP contribution in [0.3, 0.4) is 0 Å². The lowest BCUT2D eigenvalue weighted by atomic mass is 10.2. The standard InChI is InChI=1S/C13H14ClNO5/c1-19-10-5-11(20-2)9(4-8(10)14)15-12(16)6-3-7(6)13(17)18/h4-7H,3H2,1-2H3,(H,15,16)(H,17,18). The van der Waals surface area contributed by atoms with Gasteiger partial charge in [-0.05, 0) is 12.5 Å². The monoisotopic (exact) mass is 299 g/mol. The molecule has 0 bridgehead atoms. The molecule has 1 aromatic rings. The Morgan fingerprint density at radius 2 is 1.90 bits per heavy atom. The fourth-order valence-corrected chi connectivity index (χ4v) is 2.18. The fraction of sp³-hybridized carbons (Fsp3) is 0.385. The second kappa shape index (κ2) is 5.58. The maximum Gasteiger partial charge on any atom is 0.307 e. The number of methoxy groups -OCH3 is 2. The molecule has 0 radical (unpaired) electrons. The molecule has 1 fully saturated rings. The third-order valence-corrected chi connectivity index (χ3v) is 3.47. The molecule has 1 aliphatic carbocycles. The lowest BCUT2D eigenvalue weighted by Gasteiger charge is -2.13. The third kappa shape index (κ3) is 2.80. The van der Waals surface area contributed by atoms with E-state index in [0.29, 0.717) is 28.6 Å². The van der Waals surface area contributed by atoms with Crippen molar-refractivity contribution in [1.29, 1.82) is 0 Å². The summed E-state index contributed by atoms with van der Waals surface area (Å²) in [7, 11) is 2.93. The molecule has 7 heteroatoms. The predicted molar refractivity (Wildman–Crippen MR) is 72.4 cm³/mol. The lowest BCUT2D eigenvalue weighted by molar-refractivity contribution is -0.139. The molecule has 0 saturated heterocycles. The minimum absolute atomic E-state index is 0.328. The van der Waals surface area contributed by atoms with E-state index < -0.39 is 17.8 Å². The maximum absolute atomic E-state index is 11.9. The summed E-state index contributed by atoms with van der Waals surface area (Å²) in [5, 5.41) is 11.8. The molecule has 6 nitrogen and oxygen atoms in total. The highest BCUT2D eigenvalue weighted by molar-refractivity contribution is 6.32. The molecule has 0 spiro atoms. The van der Waals surface area contributed by atoms with Crippen molar-refractivity contribution in [3.05, 3.63) is 17.2 Å². The summed E-state index contributed by atoms with van der Waals surface area (Å²) in [6.45, 7) is 0. The largest absolute Gasteiger partial charge is 0.495 e. The van der Waals surface area contributed by atoms with Crippen LogP contribution in [0, 0.1) is 11.8 Å². The topological polar surface area (TPSA) is 84.9 Å². The van der Waals surface area contributed by atoms with Crippen molar-refractivity contribution < 1.29 is 24.2 Å². The van der Waals surface area contributed by atoms with Crippen molar-refractivity contribution in [2.75, 3.05) is 19.5 Å². The van der Waals surface area contributed by atoms with Gasteiger partial charge in [-0.1, -0.05) is 11.6 Å². The Balaban J connectivity index is 2.15. The van der Waals surface area contributed by atoms with Gasteiger partial charge in [-0.2, -0.15) is 0 Å². The van der Waals surface area contributed by atoms with Gasteiger partial charge in [-0.15, -0.1) is 0 Å². The number of amides is 1. The summed E-state index contributed by atoms with van der Waals surface area (Å²) in [5.41, 5.74) is 0.388. The smallest absolute Gasteiger partial charge is 0.307 e. The minimum Gasteiger partial charge on any atom is -0.495 e. The molecule has 1 saturated carbocycles. The second-order valence-corrected chi connectivity index (χ2v) is 4.87. The molecule has 0 heterocycles. The van der Waals surface area contributed by atoms with E-state index >= 15 is 0 Å². The number of ether oxygens (including phenoxy) is 2. The van der Waals surface area contributed by atoms with E-state index in [4.69, 9.17) is 26.2 Å². The van der Waals surface area contributed by atoms with Gasteiger partial charge in [0, 0.05) is 6.07 Å². The van der Waals surface area contributed by atoms with Gasteiger partial charge in [0.1, 0.15) is 11.5 Å². The van der Waals surface area contributed by atoms with Gasteiger partial charge in [-0.25, -0.2) is 0 Å². The number of anilines is 1. The number of rotatable bonds is 5. The Bertz CT molecular complexity index is 560. The number of hydrogen-bond donors (Lipinski definition) is 2. The first-order chi connectivity index (χ1) is 9.47. The van der Waals surface area contributed by atoms with Crippen LogP contribution in [-0.2, 0) is 9.59 Å². The van der Waals surface area contributed by atoms with Gasteiger partial charge in [0.05, 0.1) is 36.8 Å². The molecule has 108 valence electrons. The molecule has 1 aromatic carbocycles. The van der Waals surface area contributed by atoms with Gasteiger partial charge in [0.2, 0.25) is 5.91 Å². The number of halogens is 1. The van der Waals surface area contributed by atoms with Crippen molar-refractivity contribution in [2.45, 2.75) is 6.42 Å². The van der Waals surface area contributed by atoms with Crippen molar-refractivity contribution >= 4 is 29.2 Å². The van der Waals surface area contributed by atoms with Crippen LogP contribution in [0.2, 0.25) is 5.02 Å². The normalized spacial score (nSPS) is 20.1. The molecule has 1 aliphatic rings. The van der Waals surface area contributed by atoms with E-state index in [2.05, 4.69) is 5.32 Å². The molecular weight excluding hydrogens is 286 g/mol. The molecule has 0 aliphatic heterocycles. The van der Waals surface area contributed by atoms with E-state index in [-0.39, 0.29) is 5.91 Å². The average molecular weight is 300 g/mol. The first kappa shape index (κ1) is 14.5. The fourth-order valence-electron chi connectivity index (χ4n) is 1.94. The first-order valence-corrected chi connectivity index (χ1v) is 6.31. The summed E-state index contributed by atoms with van der Waals surface area (Å²) in [6.07, 6.45) is 0.355. The van der Waals surface area contributed by atoms with Crippen LogP contribution in [0.4, 0.5) is 5.69 Å². The van der Waals surface area contributed by atoms with Crippen molar-refractivity contribution in [3.63, 3.8) is 0 Å². The number of hydrogen-bond acceptors (Lipinski definition) is 4. The average Bonchev–Trinajstić information content (AvgIpc) is 3.19. The number of carbonyl (C=O) groups excluding carboxylic acids is 1. The van der Waals surface area contributed by atoms with Crippen LogP contribution in [0.15, 0.2) is 12.1 Å². The highest BCUT2D eigenvalue weighted by Gasteiger charge is 2.48. The van der Waals surface area contributed by atoms with Crippen LogP contribution >= 0.6 is 11.6 Å². The Morgan fingerprint density at radius 1 is 1.25 bits per heavy atom. The van der Waals surface area contributed by atoms with E-state index in [9.17, 15) is 9.59 Å². The molecule has 2 unspecified atom stereocenters. The number of benzene rings is 1. The Labute approximate surface area is 120 Å². The number of carboxylic acids is 1. The van der Waals surface area contributed by atoms with Crippen molar-refractivity contribution in [3.8, 4) is 11.5 Å². The van der Waals surface area contributed by atoms with E-state index in [1.165, 1.54) is 20.3 Å². The molecule has 2 atom stereocenters. The third-order valence-electron chi connectivity index (χ3n) is 3.18. The van der Waals surface area contributed by atoms with E-state index in [1.807, 2.05) is 0 Å². The summed E-state index contributed by atoms with van der Waals surface area (Å²) >= 11 is 5.99. The quantitative estimate of drug-likeness (QED) is 0.869. The van der Waals surface area contributed by atoms with Gasteiger partial charge in [0.25, 0.3) is 0 Å². The zero-order valence-electron chi connectivity index (χ0n) is 11.0. The van der Waals surface area contributed by atoms with E-state index in [1.54, 1.807) is 6.07 Å². The van der Waals surface area contributed by atoms with Gasteiger partial charge in [0.15, 0.2) is 0 Å². The highest BCUT2D eigenvalue weighted by Crippen LogP contribution is 2.41. The lowest BCUT2D eigenvalue weighted by Crippen LogP contribution is -2.17. The predicted octanol–water partition coefficient (Wildman–Crippen LogP) is 2.02. The Hall–Kier alpha value is -1.95. The van der Waals surface area contributed by atoms with Gasteiger partial charge >= 0.3 is 5.97 Å². The maximum atomic E-state index is 11.9.